The van der Waals surface area contributed by atoms with E-state index >= 15 is 0 Å². The minimum Gasteiger partial charge on any atom is -0.312 e. The number of benzene rings is 1. The van der Waals surface area contributed by atoms with Crippen molar-refractivity contribution in [2.45, 2.75) is 84.0 Å². The molecule has 2 atom stereocenters. The van der Waals surface area contributed by atoms with Gasteiger partial charge in [-0.3, -0.25) is 0 Å². The zero-order valence-electron chi connectivity index (χ0n) is 15.7. The predicted octanol–water partition coefficient (Wildman–Crippen LogP) is 4.50. The lowest BCUT2D eigenvalue weighted by Crippen LogP contribution is -2.42. The van der Waals surface area contributed by atoms with Gasteiger partial charge in [-0.05, 0) is 37.8 Å². The normalized spacial score (nSPS) is 22.6. The third-order valence-corrected chi connectivity index (χ3v) is 4.66. The van der Waals surface area contributed by atoms with Gasteiger partial charge < -0.3 is 10.6 Å². The van der Waals surface area contributed by atoms with E-state index in [1.165, 1.54) is 11.1 Å². The highest BCUT2D eigenvalue weighted by Crippen LogP contribution is 2.43. The molecule has 1 aliphatic rings. The van der Waals surface area contributed by atoms with Crippen LogP contribution in [0.2, 0.25) is 0 Å². The monoisotopic (exact) mass is 314 g/mol. The highest BCUT2D eigenvalue weighted by Gasteiger charge is 2.37. The molecular formula is C21H34N2. The summed E-state index contributed by atoms with van der Waals surface area (Å²) in [6, 6.07) is 10.9. The number of rotatable bonds is 8. The van der Waals surface area contributed by atoms with Gasteiger partial charge in [-0.25, -0.2) is 0 Å². The van der Waals surface area contributed by atoms with E-state index < -0.39 is 0 Å². The van der Waals surface area contributed by atoms with Gasteiger partial charge in [0, 0.05) is 29.6 Å². The van der Waals surface area contributed by atoms with Crippen LogP contribution in [0.1, 0.15) is 65.5 Å². The first-order valence-electron chi connectivity index (χ1n) is 9.13. The number of hydrogen-bond donors (Lipinski definition) is 2. The lowest BCUT2D eigenvalue weighted by molar-refractivity contribution is 0.324. The quantitative estimate of drug-likeness (QED) is 0.738. The van der Waals surface area contributed by atoms with Crippen LogP contribution in [0, 0.1) is 0 Å². The maximum Gasteiger partial charge on any atom is 0.0170 e. The third-order valence-electron chi connectivity index (χ3n) is 4.66. The minimum atomic E-state index is 0.138. The Bertz CT molecular complexity index is 512. The van der Waals surface area contributed by atoms with Crippen LogP contribution < -0.4 is 10.6 Å². The Kier molecular flexibility index (Phi) is 6.05. The first kappa shape index (κ1) is 18.2. The zero-order chi connectivity index (χ0) is 17.0. The van der Waals surface area contributed by atoms with Crippen molar-refractivity contribution in [2.24, 2.45) is 0 Å². The Balaban J connectivity index is 2.24. The Labute approximate surface area is 142 Å². The molecule has 2 nitrogen and oxygen atoms in total. The average molecular weight is 315 g/mol. The van der Waals surface area contributed by atoms with Crippen LogP contribution in [0.3, 0.4) is 0 Å². The van der Waals surface area contributed by atoms with Gasteiger partial charge >= 0.3 is 0 Å². The van der Waals surface area contributed by atoms with Gasteiger partial charge in [-0.1, -0.05) is 64.1 Å². The van der Waals surface area contributed by atoms with E-state index in [-0.39, 0.29) is 5.41 Å². The van der Waals surface area contributed by atoms with Crippen molar-refractivity contribution in [3.05, 3.63) is 41.5 Å². The Hall–Kier alpha value is -1.12. The van der Waals surface area contributed by atoms with Crippen molar-refractivity contribution in [1.29, 1.82) is 0 Å². The van der Waals surface area contributed by atoms with Gasteiger partial charge in [0.2, 0.25) is 0 Å². The molecule has 1 aromatic rings. The van der Waals surface area contributed by atoms with Crippen LogP contribution in [-0.4, -0.2) is 24.2 Å². The Morgan fingerprint density at radius 1 is 0.826 bits per heavy atom. The molecular weight excluding hydrogens is 280 g/mol. The van der Waals surface area contributed by atoms with Crippen molar-refractivity contribution in [3.63, 3.8) is 0 Å². The molecule has 2 N–H and O–H groups in total. The average Bonchev–Trinajstić information content (AvgIpc) is 2.76. The number of allylic oxidation sites excluding steroid dienone is 1. The van der Waals surface area contributed by atoms with Crippen LogP contribution >= 0.6 is 0 Å². The van der Waals surface area contributed by atoms with Gasteiger partial charge in [0.15, 0.2) is 0 Å². The molecule has 0 aromatic heterocycles. The molecule has 0 saturated heterocycles. The van der Waals surface area contributed by atoms with E-state index in [1.54, 1.807) is 0 Å². The second-order valence-corrected chi connectivity index (χ2v) is 7.93. The molecule has 0 heterocycles. The summed E-state index contributed by atoms with van der Waals surface area (Å²) < 4.78 is 0. The van der Waals surface area contributed by atoms with Crippen LogP contribution in [0.5, 0.6) is 0 Å². The van der Waals surface area contributed by atoms with Gasteiger partial charge in [-0.15, -0.1) is 0 Å². The van der Waals surface area contributed by atoms with Gasteiger partial charge in [0.1, 0.15) is 0 Å². The molecule has 0 saturated carbocycles. The Morgan fingerprint density at radius 3 is 1.87 bits per heavy atom. The van der Waals surface area contributed by atoms with Crippen LogP contribution in [0.15, 0.2) is 30.3 Å². The molecule has 1 aromatic carbocycles. The van der Waals surface area contributed by atoms with E-state index in [2.05, 4.69) is 88.6 Å². The number of hydrogen-bond acceptors (Lipinski definition) is 2. The zero-order valence-corrected chi connectivity index (χ0v) is 15.7. The third kappa shape index (κ3) is 4.68. The minimum absolute atomic E-state index is 0.138. The molecule has 2 unspecified atom stereocenters. The molecule has 128 valence electrons. The van der Waals surface area contributed by atoms with Gasteiger partial charge in [-0.2, -0.15) is 0 Å². The Morgan fingerprint density at radius 2 is 1.35 bits per heavy atom. The summed E-state index contributed by atoms with van der Waals surface area (Å²) in [6.07, 6.45) is 7.06. The maximum atomic E-state index is 3.68. The molecule has 2 heteroatoms. The topological polar surface area (TPSA) is 24.1 Å². The van der Waals surface area contributed by atoms with Crippen molar-refractivity contribution in [1.82, 2.24) is 10.6 Å². The summed E-state index contributed by atoms with van der Waals surface area (Å²) in [5, 5.41) is 7.37. The summed E-state index contributed by atoms with van der Waals surface area (Å²) >= 11 is 0. The van der Waals surface area contributed by atoms with E-state index in [0.29, 0.717) is 24.2 Å². The largest absolute Gasteiger partial charge is 0.312 e. The summed E-state index contributed by atoms with van der Waals surface area (Å²) in [6.45, 7) is 13.5. The summed E-state index contributed by atoms with van der Waals surface area (Å²) in [7, 11) is 0. The fourth-order valence-corrected chi connectivity index (χ4v) is 4.22. The standard InChI is InChI=1S/C21H34N2/c1-15(2)22-17(5)13-21(14-18(6)23-16(3)4)12-11-19-9-7-8-10-20(19)21/h7-12,15-18,22-23H,13-14H2,1-6H3. The van der Waals surface area contributed by atoms with Crippen LogP contribution in [0.4, 0.5) is 0 Å². The molecule has 0 amide bonds. The number of fused-ring (bicyclic) bond motifs is 1. The fourth-order valence-electron chi connectivity index (χ4n) is 4.22. The van der Waals surface area contributed by atoms with Crippen molar-refractivity contribution < 1.29 is 0 Å². The van der Waals surface area contributed by atoms with E-state index in [1.807, 2.05) is 0 Å². The first-order chi connectivity index (χ1) is 10.8. The lowest BCUT2D eigenvalue weighted by Gasteiger charge is -2.36. The molecule has 0 fully saturated rings. The van der Waals surface area contributed by atoms with Crippen molar-refractivity contribution in [3.8, 4) is 0 Å². The maximum absolute atomic E-state index is 3.68. The predicted molar refractivity (Wildman–Crippen MR) is 102 cm³/mol. The van der Waals surface area contributed by atoms with Crippen molar-refractivity contribution in [2.75, 3.05) is 0 Å². The molecule has 23 heavy (non-hydrogen) atoms. The molecule has 0 radical (unpaired) electrons. The SMILES string of the molecule is CC(C)NC(C)CC1(CC(C)NC(C)C)C=Cc2ccccc21. The summed E-state index contributed by atoms with van der Waals surface area (Å²) in [5.41, 5.74) is 3.02. The van der Waals surface area contributed by atoms with Gasteiger partial charge in [0.05, 0.1) is 0 Å². The highest BCUT2D eigenvalue weighted by molar-refractivity contribution is 5.65. The van der Waals surface area contributed by atoms with E-state index in [0.717, 1.165) is 12.8 Å². The van der Waals surface area contributed by atoms with Crippen molar-refractivity contribution >= 4 is 6.08 Å². The van der Waals surface area contributed by atoms with Crippen LogP contribution in [0.25, 0.3) is 6.08 Å². The van der Waals surface area contributed by atoms with Gasteiger partial charge in [0.25, 0.3) is 0 Å². The molecule has 2 rings (SSSR count). The molecule has 0 aliphatic heterocycles. The second-order valence-electron chi connectivity index (χ2n) is 7.93. The molecule has 0 bridgehead atoms. The molecule has 0 spiro atoms. The summed E-state index contributed by atoms with van der Waals surface area (Å²) in [4.78, 5) is 0. The molecule has 1 aliphatic carbocycles. The van der Waals surface area contributed by atoms with E-state index in [9.17, 15) is 0 Å². The number of nitrogens with one attached hydrogen (secondary N) is 2. The highest BCUT2D eigenvalue weighted by atomic mass is 14.9. The smallest absolute Gasteiger partial charge is 0.0170 e. The first-order valence-corrected chi connectivity index (χ1v) is 9.13. The van der Waals surface area contributed by atoms with E-state index in [4.69, 9.17) is 0 Å². The fraction of sp³-hybridized carbons (Fsp3) is 0.619. The van der Waals surface area contributed by atoms with Crippen LogP contribution in [-0.2, 0) is 5.41 Å². The summed E-state index contributed by atoms with van der Waals surface area (Å²) in [5.74, 6) is 0. The lowest BCUT2D eigenvalue weighted by atomic mass is 9.73. The second kappa shape index (κ2) is 7.63.